The van der Waals surface area contributed by atoms with E-state index >= 15 is 0 Å². The maximum absolute atomic E-state index is 13.0. The molecule has 1 aliphatic heterocycles. The third-order valence-electron chi connectivity index (χ3n) is 5.68. The number of amides is 1. The summed E-state index contributed by atoms with van der Waals surface area (Å²) in [6, 6.07) is 15.5. The molecule has 176 valence electrons. The van der Waals surface area contributed by atoms with Gasteiger partial charge in [-0.05, 0) is 62.9 Å². The molecule has 1 N–H and O–H groups in total. The van der Waals surface area contributed by atoms with Gasteiger partial charge in [-0.1, -0.05) is 48.9 Å². The first-order chi connectivity index (χ1) is 15.7. The van der Waals surface area contributed by atoms with Crippen LogP contribution in [-0.4, -0.2) is 40.6 Å². The number of nitrogens with zero attached hydrogens (tertiary/aromatic N) is 1. The van der Waals surface area contributed by atoms with Gasteiger partial charge in [-0.2, -0.15) is 0 Å². The minimum atomic E-state index is -1.29. The molecule has 2 aromatic rings. The quantitative estimate of drug-likeness (QED) is 0.534. The largest absolute Gasteiger partial charge is 0.478 e. The van der Waals surface area contributed by atoms with Crippen LogP contribution in [0.3, 0.4) is 0 Å². The molecule has 1 amide bonds. The van der Waals surface area contributed by atoms with Crippen LogP contribution in [0.2, 0.25) is 0 Å². The number of carbonyl (C=O) groups is 2. The number of carboxylic acids is 1. The lowest BCUT2D eigenvalue weighted by Gasteiger charge is -2.22. The van der Waals surface area contributed by atoms with Crippen LogP contribution in [0.4, 0.5) is 0 Å². The zero-order valence-corrected chi connectivity index (χ0v) is 19.8. The highest BCUT2D eigenvalue weighted by molar-refractivity contribution is 5.85. The van der Waals surface area contributed by atoms with Crippen molar-refractivity contribution < 1.29 is 24.2 Å². The van der Waals surface area contributed by atoms with Gasteiger partial charge in [0.05, 0.1) is 19.1 Å². The van der Waals surface area contributed by atoms with E-state index in [1.54, 1.807) is 12.1 Å². The molecule has 6 heteroatoms. The topological polar surface area (TPSA) is 76.1 Å². The zero-order chi connectivity index (χ0) is 24.0. The molecule has 2 aromatic carbocycles. The minimum absolute atomic E-state index is 0.138. The van der Waals surface area contributed by atoms with Gasteiger partial charge in [0.15, 0.2) is 5.60 Å². The summed E-state index contributed by atoms with van der Waals surface area (Å²) in [6.45, 7) is 8.57. The first kappa shape index (κ1) is 24.5. The highest BCUT2D eigenvalue weighted by Crippen LogP contribution is 2.26. The Bertz CT molecular complexity index is 992. The van der Waals surface area contributed by atoms with Crippen molar-refractivity contribution in [2.75, 3.05) is 13.2 Å². The van der Waals surface area contributed by atoms with Gasteiger partial charge in [0.2, 0.25) is 5.91 Å². The second-order valence-corrected chi connectivity index (χ2v) is 9.00. The molecule has 33 heavy (non-hydrogen) atoms. The number of carbonyl (C=O) groups excluding carboxylic acids is 1. The van der Waals surface area contributed by atoms with E-state index in [4.69, 9.17) is 9.47 Å². The van der Waals surface area contributed by atoms with Crippen LogP contribution < -0.4 is 4.74 Å². The van der Waals surface area contributed by atoms with Crippen molar-refractivity contribution >= 4 is 11.9 Å². The molecule has 0 radical (unpaired) electrons. The Kier molecular flexibility index (Phi) is 7.92. The maximum Gasteiger partial charge on any atom is 0.347 e. The van der Waals surface area contributed by atoms with Gasteiger partial charge in [0.1, 0.15) is 5.75 Å². The predicted octanol–water partition coefficient (Wildman–Crippen LogP) is 4.75. The van der Waals surface area contributed by atoms with Crippen molar-refractivity contribution in [1.82, 2.24) is 4.90 Å². The number of hydrogen-bond acceptors (Lipinski definition) is 4. The van der Waals surface area contributed by atoms with Gasteiger partial charge >= 0.3 is 5.97 Å². The third-order valence-corrected chi connectivity index (χ3v) is 5.68. The van der Waals surface area contributed by atoms with E-state index < -0.39 is 11.6 Å². The van der Waals surface area contributed by atoms with Crippen molar-refractivity contribution in [3.8, 4) is 5.75 Å². The average molecular weight is 452 g/mol. The lowest BCUT2D eigenvalue weighted by Crippen LogP contribution is -2.37. The molecule has 0 spiro atoms. The number of ether oxygens (including phenoxy) is 2. The molecule has 6 nitrogen and oxygen atoms in total. The summed E-state index contributed by atoms with van der Waals surface area (Å²) in [6.07, 6.45) is 3.62. The fourth-order valence-corrected chi connectivity index (χ4v) is 3.73. The second kappa shape index (κ2) is 10.7. The molecular weight excluding hydrogens is 418 g/mol. The Hall–Kier alpha value is -3.12. The van der Waals surface area contributed by atoms with Crippen LogP contribution in [0.25, 0.3) is 0 Å². The molecule has 1 unspecified atom stereocenters. The predicted molar refractivity (Wildman–Crippen MR) is 127 cm³/mol. The number of benzene rings is 2. The Morgan fingerprint density at radius 2 is 1.67 bits per heavy atom. The summed E-state index contributed by atoms with van der Waals surface area (Å²) in [5, 5.41) is 9.19. The van der Waals surface area contributed by atoms with E-state index in [9.17, 15) is 14.7 Å². The second-order valence-electron chi connectivity index (χ2n) is 9.00. The fraction of sp³-hybridized carbons (Fsp3) is 0.407. The van der Waals surface area contributed by atoms with Crippen LogP contribution in [0.1, 0.15) is 43.9 Å². The normalized spacial score (nSPS) is 16.1. The first-order valence-electron chi connectivity index (χ1n) is 11.4. The Labute approximate surface area is 195 Å². The van der Waals surface area contributed by atoms with Crippen molar-refractivity contribution in [3.63, 3.8) is 0 Å². The number of hydrogen-bond donors (Lipinski definition) is 1. The molecule has 0 bridgehead atoms. The van der Waals surface area contributed by atoms with E-state index in [0.29, 0.717) is 31.9 Å². The molecule has 0 saturated carbocycles. The van der Waals surface area contributed by atoms with E-state index in [1.165, 1.54) is 19.4 Å². The lowest BCUT2D eigenvalue weighted by molar-refractivity contribution is -0.152. The minimum Gasteiger partial charge on any atom is -0.478 e. The number of rotatable bonds is 11. The van der Waals surface area contributed by atoms with Crippen molar-refractivity contribution in [2.24, 2.45) is 5.92 Å². The molecule has 0 aromatic heterocycles. The van der Waals surface area contributed by atoms with Crippen molar-refractivity contribution in [3.05, 3.63) is 77.0 Å². The van der Waals surface area contributed by atoms with Crippen molar-refractivity contribution in [1.29, 1.82) is 0 Å². The molecule has 1 atom stereocenters. The van der Waals surface area contributed by atoms with Crippen molar-refractivity contribution in [2.45, 2.75) is 52.7 Å². The maximum atomic E-state index is 13.0. The monoisotopic (exact) mass is 451 g/mol. The van der Waals surface area contributed by atoms with Gasteiger partial charge in [-0.3, -0.25) is 4.79 Å². The van der Waals surface area contributed by atoms with Crippen LogP contribution >= 0.6 is 0 Å². The van der Waals surface area contributed by atoms with E-state index in [-0.39, 0.29) is 11.8 Å². The molecule has 0 saturated heterocycles. The van der Waals surface area contributed by atoms with Crippen LogP contribution in [-0.2, 0) is 27.4 Å². The van der Waals surface area contributed by atoms with Gasteiger partial charge < -0.3 is 19.5 Å². The summed E-state index contributed by atoms with van der Waals surface area (Å²) in [4.78, 5) is 26.0. The Balaban J connectivity index is 1.58. The van der Waals surface area contributed by atoms with Gasteiger partial charge in [0, 0.05) is 12.2 Å². The highest BCUT2D eigenvalue weighted by Gasteiger charge is 2.32. The summed E-state index contributed by atoms with van der Waals surface area (Å²) < 4.78 is 11.5. The van der Waals surface area contributed by atoms with Gasteiger partial charge in [-0.15, -0.1) is 0 Å². The van der Waals surface area contributed by atoms with Gasteiger partial charge in [0.25, 0.3) is 0 Å². The molecule has 0 fully saturated rings. The molecular formula is C27H33NO5. The zero-order valence-electron chi connectivity index (χ0n) is 19.8. The van der Waals surface area contributed by atoms with E-state index in [1.807, 2.05) is 23.1 Å². The summed E-state index contributed by atoms with van der Waals surface area (Å²) in [5.74, 6) is -0.555. The molecule has 1 aliphatic rings. The highest BCUT2D eigenvalue weighted by atomic mass is 16.5. The smallest absolute Gasteiger partial charge is 0.347 e. The molecule has 3 rings (SSSR count). The Morgan fingerprint density at radius 3 is 2.27 bits per heavy atom. The summed E-state index contributed by atoms with van der Waals surface area (Å²) in [5.41, 5.74) is 2.93. The fourth-order valence-electron chi connectivity index (χ4n) is 3.73. The molecule has 1 heterocycles. The Morgan fingerprint density at radius 1 is 1.03 bits per heavy atom. The average Bonchev–Trinajstić information content (AvgIpc) is 3.05. The lowest BCUT2D eigenvalue weighted by atomic mass is 9.99. The van der Waals surface area contributed by atoms with E-state index in [2.05, 4.69) is 38.1 Å². The standard InChI is InChI=1S/C27H33NO5/c1-5-14-28-23(16-22(25(28)29)15-20-8-6-19(2)7-9-20)18-32-17-21-10-12-24(13-11-21)33-27(3,4)26(30)31/h6-13,16,22H,5,14-15,17-18H2,1-4H3,(H,30,31). The van der Waals surface area contributed by atoms with Crippen LogP contribution in [0.5, 0.6) is 5.75 Å². The van der Waals surface area contributed by atoms with Gasteiger partial charge in [-0.25, -0.2) is 4.79 Å². The number of aliphatic carboxylic acids is 1. The third kappa shape index (κ3) is 6.45. The summed E-state index contributed by atoms with van der Waals surface area (Å²) >= 11 is 0. The number of aryl methyl sites for hydroxylation is 1. The number of carboxylic acid groups (broad SMARTS) is 1. The van der Waals surface area contributed by atoms with E-state index in [0.717, 1.165) is 23.2 Å². The van der Waals surface area contributed by atoms with Crippen LogP contribution in [0, 0.1) is 12.8 Å². The SMILES string of the molecule is CCCN1C(=O)C(Cc2ccc(C)cc2)C=C1COCc1ccc(OC(C)(C)C(=O)O)cc1. The van der Waals surface area contributed by atoms with Crippen LogP contribution in [0.15, 0.2) is 60.3 Å². The summed E-state index contributed by atoms with van der Waals surface area (Å²) in [7, 11) is 0. The first-order valence-corrected chi connectivity index (χ1v) is 11.4. The molecule has 0 aliphatic carbocycles.